The Morgan fingerprint density at radius 3 is 2.48 bits per heavy atom. The molecule has 1 aliphatic heterocycles. The maximum Gasteiger partial charge on any atom is 0.254 e. The summed E-state index contributed by atoms with van der Waals surface area (Å²) in [6, 6.07) is 13.9. The Balaban J connectivity index is 1.64. The minimum Gasteiger partial charge on any atom is -0.493 e. The molecule has 1 saturated heterocycles. The van der Waals surface area contributed by atoms with Crippen molar-refractivity contribution in [1.82, 2.24) is 4.90 Å². The molecule has 5 nitrogen and oxygen atoms in total. The lowest BCUT2D eigenvalue weighted by atomic mass is 10.0. The molecule has 0 aliphatic carbocycles. The topological polar surface area (TPSA) is 51.9 Å². The highest BCUT2D eigenvalue weighted by Gasteiger charge is 2.18. The summed E-state index contributed by atoms with van der Waals surface area (Å²) in [6.07, 6.45) is 0.839. The molecule has 1 aliphatic rings. The van der Waals surface area contributed by atoms with E-state index in [1.165, 1.54) is 0 Å². The lowest BCUT2D eigenvalue weighted by Crippen LogP contribution is -2.40. The second kappa shape index (κ2) is 7.45. The van der Waals surface area contributed by atoms with Crippen LogP contribution >= 0.6 is 0 Å². The number of fused-ring (bicyclic) bond motifs is 1. The minimum atomic E-state index is 0.0558. The van der Waals surface area contributed by atoms with E-state index in [4.69, 9.17) is 13.9 Å². The van der Waals surface area contributed by atoms with Crippen LogP contribution in [0.15, 0.2) is 46.9 Å². The van der Waals surface area contributed by atoms with Gasteiger partial charge in [0.2, 0.25) is 0 Å². The highest BCUT2D eigenvalue weighted by Crippen LogP contribution is 2.34. The summed E-state index contributed by atoms with van der Waals surface area (Å²) in [6.45, 7) is 4.57. The van der Waals surface area contributed by atoms with Crippen LogP contribution in [0.1, 0.15) is 23.0 Å². The van der Waals surface area contributed by atoms with E-state index in [0.717, 1.165) is 40.0 Å². The number of furan rings is 1. The molecule has 1 aromatic heterocycles. The van der Waals surface area contributed by atoms with Crippen LogP contribution in [0.2, 0.25) is 0 Å². The summed E-state index contributed by atoms with van der Waals surface area (Å²) >= 11 is 0. The molecule has 2 heterocycles. The Kier molecular flexibility index (Phi) is 4.86. The fraction of sp³-hybridized carbons (Fsp3) is 0.318. The van der Waals surface area contributed by atoms with E-state index in [1.54, 1.807) is 7.11 Å². The number of carbonyl (C=O) groups excluding carboxylic acids is 1. The highest BCUT2D eigenvalue weighted by molar-refractivity contribution is 5.95. The van der Waals surface area contributed by atoms with Gasteiger partial charge in [-0.25, -0.2) is 0 Å². The summed E-state index contributed by atoms with van der Waals surface area (Å²) in [5, 5.41) is 1.02. The predicted octanol–water partition coefficient (Wildman–Crippen LogP) is 4.14. The average molecular weight is 365 g/mol. The number of methoxy groups -OCH3 is 1. The number of ether oxygens (including phenoxy) is 2. The van der Waals surface area contributed by atoms with Crippen molar-refractivity contribution in [3.05, 3.63) is 53.8 Å². The van der Waals surface area contributed by atoms with E-state index in [0.29, 0.717) is 31.9 Å². The average Bonchev–Trinajstić information content (AvgIpc) is 3.16. The first kappa shape index (κ1) is 17.6. The Bertz CT molecular complexity index is 952. The van der Waals surface area contributed by atoms with Crippen molar-refractivity contribution < 1.29 is 18.7 Å². The fourth-order valence-corrected chi connectivity index (χ4v) is 3.42. The van der Waals surface area contributed by atoms with Gasteiger partial charge in [0.1, 0.15) is 5.76 Å². The van der Waals surface area contributed by atoms with Crippen molar-refractivity contribution in [3.8, 4) is 16.9 Å². The van der Waals surface area contributed by atoms with E-state index < -0.39 is 0 Å². The first-order valence-corrected chi connectivity index (χ1v) is 9.27. The number of benzene rings is 2. The molecule has 2 aromatic carbocycles. The molecule has 5 heteroatoms. The van der Waals surface area contributed by atoms with Gasteiger partial charge in [-0.15, -0.1) is 0 Å². The van der Waals surface area contributed by atoms with Crippen LogP contribution in [0.5, 0.6) is 5.75 Å². The molecule has 140 valence electrons. The van der Waals surface area contributed by atoms with E-state index in [2.05, 4.69) is 19.1 Å². The SMILES string of the molecule is CCc1cc2cc(-c3ccc(C(=O)N4CCOCC4)cc3)cc(OC)c2o1. The van der Waals surface area contributed by atoms with Crippen LogP contribution in [0, 0.1) is 0 Å². The van der Waals surface area contributed by atoms with Gasteiger partial charge in [0.25, 0.3) is 5.91 Å². The molecule has 4 rings (SSSR count). The summed E-state index contributed by atoms with van der Waals surface area (Å²) in [4.78, 5) is 14.4. The summed E-state index contributed by atoms with van der Waals surface area (Å²) in [7, 11) is 1.65. The molecule has 1 amide bonds. The summed E-state index contributed by atoms with van der Waals surface area (Å²) in [5.41, 5.74) is 3.55. The van der Waals surface area contributed by atoms with Crippen LogP contribution in [-0.2, 0) is 11.2 Å². The number of amides is 1. The van der Waals surface area contributed by atoms with Crippen molar-refractivity contribution in [2.45, 2.75) is 13.3 Å². The lowest BCUT2D eigenvalue weighted by molar-refractivity contribution is 0.0303. The van der Waals surface area contributed by atoms with Gasteiger partial charge < -0.3 is 18.8 Å². The molecule has 0 unspecified atom stereocenters. The zero-order valence-corrected chi connectivity index (χ0v) is 15.7. The summed E-state index contributed by atoms with van der Waals surface area (Å²) < 4.78 is 16.7. The number of hydrogen-bond acceptors (Lipinski definition) is 4. The second-order valence-electron chi connectivity index (χ2n) is 6.65. The molecule has 0 saturated carbocycles. The van der Waals surface area contributed by atoms with Gasteiger partial charge >= 0.3 is 0 Å². The van der Waals surface area contributed by atoms with E-state index in [-0.39, 0.29) is 5.91 Å². The number of aryl methyl sites for hydroxylation is 1. The van der Waals surface area contributed by atoms with Crippen LogP contribution in [0.4, 0.5) is 0 Å². The van der Waals surface area contributed by atoms with Crippen molar-refractivity contribution in [1.29, 1.82) is 0 Å². The number of rotatable bonds is 4. The molecule has 1 fully saturated rings. The third kappa shape index (κ3) is 3.43. The first-order valence-electron chi connectivity index (χ1n) is 9.27. The molecule has 0 N–H and O–H groups in total. The van der Waals surface area contributed by atoms with Gasteiger partial charge in [-0.3, -0.25) is 4.79 Å². The summed E-state index contributed by atoms with van der Waals surface area (Å²) in [5.74, 6) is 1.71. The maximum atomic E-state index is 12.6. The van der Waals surface area contributed by atoms with Crippen LogP contribution in [0.3, 0.4) is 0 Å². The Labute approximate surface area is 158 Å². The Hall–Kier alpha value is -2.79. The molecular weight excluding hydrogens is 342 g/mol. The van der Waals surface area contributed by atoms with E-state index >= 15 is 0 Å². The van der Waals surface area contributed by atoms with Gasteiger partial charge in [-0.2, -0.15) is 0 Å². The van der Waals surface area contributed by atoms with Crippen molar-refractivity contribution in [3.63, 3.8) is 0 Å². The third-order valence-corrected chi connectivity index (χ3v) is 4.97. The molecule has 27 heavy (non-hydrogen) atoms. The molecule has 0 spiro atoms. The van der Waals surface area contributed by atoms with Crippen molar-refractivity contribution in [2.24, 2.45) is 0 Å². The van der Waals surface area contributed by atoms with Crippen LogP contribution in [0.25, 0.3) is 22.1 Å². The van der Waals surface area contributed by atoms with Crippen molar-refractivity contribution in [2.75, 3.05) is 33.4 Å². The first-order chi connectivity index (χ1) is 13.2. The zero-order valence-electron chi connectivity index (χ0n) is 15.7. The number of nitrogens with zero attached hydrogens (tertiary/aromatic N) is 1. The molecule has 0 bridgehead atoms. The van der Waals surface area contributed by atoms with Crippen molar-refractivity contribution >= 4 is 16.9 Å². The second-order valence-corrected chi connectivity index (χ2v) is 6.65. The largest absolute Gasteiger partial charge is 0.493 e. The minimum absolute atomic E-state index is 0.0558. The highest BCUT2D eigenvalue weighted by atomic mass is 16.5. The Morgan fingerprint density at radius 1 is 1.07 bits per heavy atom. The van der Waals surface area contributed by atoms with Crippen LogP contribution in [-0.4, -0.2) is 44.2 Å². The smallest absolute Gasteiger partial charge is 0.254 e. The standard InChI is InChI=1S/C22H23NO4/c1-3-19-13-18-12-17(14-20(25-2)21(18)27-19)15-4-6-16(7-5-15)22(24)23-8-10-26-11-9-23/h4-7,12-14H,3,8-11H2,1-2H3. The zero-order chi connectivity index (χ0) is 18.8. The van der Waals surface area contributed by atoms with Gasteiger partial charge in [0, 0.05) is 30.5 Å². The normalized spacial score (nSPS) is 14.5. The van der Waals surface area contributed by atoms with Gasteiger partial charge in [0.05, 0.1) is 20.3 Å². The monoisotopic (exact) mass is 365 g/mol. The third-order valence-electron chi connectivity index (χ3n) is 4.97. The Morgan fingerprint density at radius 2 is 1.81 bits per heavy atom. The van der Waals surface area contributed by atoms with Gasteiger partial charge in [0.15, 0.2) is 11.3 Å². The molecule has 3 aromatic rings. The van der Waals surface area contributed by atoms with E-state index in [9.17, 15) is 4.79 Å². The predicted molar refractivity (Wildman–Crippen MR) is 104 cm³/mol. The molecular formula is C22H23NO4. The van der Waals surface area contributed by atoms with Gasteiger partial charge in [-0.05, 0) is 41.5 Å². The maximum absolute atomic E-state index is 12.6. The van der Waals surface area contributed by atoms with Crippen LogP contribution < -0.4 is 4.74 Å². The number of hydrogen-bond donors (Lipinski definition) is 0. The lowest BCUT2D eigenvalue weighted by Gasteiger charge is -2.26. The van der Waals surface area contributed by atoms with Gasteiger partial charge in [-0.1, -0.05) is 19.1 Å². The quantitative estimate of drug-likeness (QED) is 0.697. The number of morpholine rings is 1. The molecule has 0 atom stereocenters. The fourth-order valence-electron chi connectivity index (χ4n) is 3.42. The van der Waals surface area contributed by atoms with E-state index in [1.807, 2.05) is 35.2 Å². The number of carbonyl (C=O) groups is 1. The molecule has 0 radical (unpaired) electrons.